The van der Waals surface area contributed by atoms with Crippen molar-refractivity contribution in [2.45, 2.75) is 25.4 Å². The molecule has 1 atom stereocenters. The van der Waals surface area contributed by atoms with E-state index in [1.54, 1.807) is 25.6 Å². The van der Waals surface area contributed by atoms with Crippen LogP contribution in [0.4, 0.5) is 5.69 Å². The minimum absolute atomic E-state index is 0.369. The maximum absolute atomic E-state index is 9.71. The van der Waals surface area contributed by atoms with Crippen molar-refractivity contribution in [2.75, 3.05) is 19.5 Å². The monoisotopic (exact) mass is 210 g/mol. The van der Waals surface area contributed by atoms with E-state index in [0.29, 0.717) is 18.7 Å². The molecule has 4 heteroatoms. The second-order valence-corrected chi connectivity index (χ2v) is 3.57. The number of nitrogens with zero attached hydrogens (tertiary/aromatic N) is 1. The van der Waals surface area contributed by atoms with Crippen LogP contribution in [0.15, 0.2) is 18.5 Å². The highest BCUT2D eigenvalue weighted by molar-refractivity contribution is 5.44. The molecule has 15 heavy (non-hydrogen) atoms. The first-order valence-electron chi connectivity index (χ1n) is 5.09. The fourth-order valence-electron chi connectivity index (χ4n) is 1.43. The number of aromatic nitrogens is 1. The van der Waals surface area contributed by atoms with Gasteiger partial charge in [0.2, 0.25) is 0 Å². The number of rotatable bonds is 6. The van der Waals surface area contributed by atoms with Crippen molar-refractivity contribution >= 4 is 5.69 Å². The Kier molecular flexibility index (Phi) is 5.07. The van der Waals surface area contributed by atoms with E-state index in [-0.39, 0.29) is 6.10 Å². The summed E-state index contributed by atoms with van der Waals surface area (Å²) in [6, 6.07) is 1.75. The largest absolute Gasteiger partial charge is 0.398 e. The molecule has 0 aliphatic heterocycles. The number of pyridine rings is 1. The smallest absolute Gasteiger partial charge is 0.0582 e. The maximum Gasteiger partial charge on any atom is 0.0582 e. The number of hydrogen-bond donors (Lipinski definition) is 2. The number of methoxy groups -OCH3 is 1. The molecule has 1 rings (SSSR count). The number of nitrogens with two attached hydrogens (primary N) is 1. The van der Waals surface area contributed by atoms with Crippen molar-refractivity contribution < 1.29 is 9.84 Å². The van der Waals surface area contributed by atoms with Crippen molar-refractivity contribution in [1.29, 1.82) is 0 Å². The third kappa shape index (κ3) is 4.27. The Bertz CT molecular complexity index is 292. The molecule has 3 N–H and O–H groups in total. The molecule has 0 aliphatic carbocycles. The van der Waals surface area contributed by atoms with E-state index < -0.39 is 0 Å². The van der Waals surface area contributed by atoms with Gasteiger partial charge in [-0.3, -0.25) is 4.98 Å². The number of anilines is 1. The van der Waals surface area contributed by atoms with Gasteiger partial charge in [-0.15, -0.1) is 0 Å². The van der Waals surface area contributed by atoms with Crippen molar-refractivity contribution in [3.05, 3.63) is 24.0 Å². The van der Waals surface area contributed by atoms with Gasteiger partial charge in [0.25, 0.3) is 0 Å². The summed E-state index contributed by atoms with van der Waals surface area (Å²) >= 11 is 0. The van der Waals surface area contributed by atoms with Gasteiger partial charge in [-0.2, -0.15) is 0 Å². The minimum Gasteiger partial charge on any atom is -0.398 e. The van der Waals surface area contributed by atoms with E-state index in [9.17, 15) is 5.11 Å². The Morgan fingerprint density at radius 1 is 1.60 bits per heavy atom. The second-order valence-electron chi connectivity index (χ2n) is 3.57. The van der Waals surface area contributed by atoms with Crippen molar-refractivity contribution in [3.8, 4) is 0 Å². The molecule has 0 spiro atoms. The summed E-state index contributed by atoms with van der Waals surface area (Å²) in [5.41, 5.74) is 7.34. The first kappa shape index (κ1) is 11.9. The van der Waals surface area contributed by atoms with E-state index in [1.165, 1.54) is 0 Å². The van der Waals surface area contributed by atoms with Crippen LogP contribution in [0, 0.1) is 0 Å². The van der Waals surface area contributed by atoms with E-state index in [0.717, 1.165) is 18.4 Å². The Balaban J connectivity index is 2.37. The predicted molar refractivity (Wildman–Crippen MR) is 59.5 cm³/mol. The van der Waals surface area contributed by atoms with Gasteiger partial charge in [-0.05, 0) is 24.5 Å². The Morgan fingerprint density at radius 3 is 3.07 bits per heavy atom. The molecular formula is C11H18N2O2. The summed E-state index contributed by atoms with van der Waals surface area (Å²) in [7, 11) is 1.66. The quantitative estimate of drug-likeness (QED) is 0.687. The Morgan fingerprint density at radius 2 is 2.40 bits per heavy atom. The first-order chi connectivity index (χ1) is 7.24. The molecule has 84 valence electrons. The van der Waals surface area contributed by atoms with Gasteiger partial charge in [-0.1, -0.05) is 0 Å². The number of hydrogen-bond acceptors (Lipinski definition) is 4. The summed E-state index contributed by atoms with van der Waals surface area (Å²) in [5, 5.41) is 9.71. The van der Waals surface area contributed by atoms with Crippen LogP contribution in [0.2, 0.25) is 0 Å². The molecule has 1 unspecified atom stereocenters. The lowest BCUT2D eigenvalue weighted by Gasteiger charge is -2.11. The van der Waals surface area contributed by atoms with Crippen LogP contribution in [0.1, 0.15) is 18.4 Å². The highest BCUT2D eigenvalue weighted by Crippen LogP contribution is 2.13. The molecule has 4 nitrogen and oxygen atoms in total. The lowest BCUT2D eigenvalue weighted by molar-refractivity contribution is 0.135. The first-order valence-corrected chi connectivity index (χ1v) is 5.09. The molecule has 0 fully saturated rings. The van der Waals surface area contributed by atoms with Crippen LogP contribution in [-0.4, -0.2) is 29.9 Å². The van der Waals surface area contributed by atoms with Crippen LogP contribution in [-0.2, 0) is 11.2 Å². The molecule has 1 aromatic heterocycles. The van der Waals surface area contributed by atoms with E-state index in [1.807, 2.05) is 0 Å². The molecule has 0 radical (unpaired) electrons. The molecule has 0 aromatic carbocycles. The number of ether oxygens (including phenoxy) is 1. The van der Waals surface area contributed by atoms with Gasteiger partial charge >= 0.3 is 0 Å². The fraction of sp³-hybridized carbons (Fsp3) is 0.545. The lowest BCUT2D eigenvalue weighted by atomic mass is 10.0. The zero-order valence-corrected chi connectivity index (χ0v) is 9.02. The summed E-state index contributed by atoms with van der Waals surface area (Å²) in [5.74, 6) is 0. The van der Waals surface area contributed by atoms with Gasteiger partial charge in [0.15, 0.2) is 0 Å². The molecule has 0 bridgehead atoms. The van der Waals surface area contributed by atoms with Gasteiger partial charge in [0, 0.05) is 38.2 Å². The predicted octanol–water partition coefficient (Wildman–Crippen LogP) is 0.994. The molecule has 0 saturated carbocycles. The van der Waals surface area contributed by atoms with E-state index in [2.05, 4.69) is 4.98 Å². The summed E-state index contributed by atoms with van der Waals surface area (Å²) in [6.45, 7) is 0.680. The highest BCUT2D eigenvalue weighted by Gasteiger charge is 2.07. The molecule has 1 aromatic rings. The zero-order chi connectivity index (χ0) is 11.1. The Hall–Kier alpha value is -1.13. The van der Waals surface area contributed by atoms with Crippen LogP contribution in [0.3, 0.4) is 0 Å². The lowest BCUT2D eigenvalue weighted by Crippen LogP contribution is -2.12. The zero-order valence-electron chi connectivity index (χ0n) is 9.02. The van der Waals surface area contributed by atoms with Crippen LogP contribution < -0.4 is 5.73 Å². The maximum atomic E-state index is 9.71. The third-order valence-corrected chi connectivity index (χ3v) is 2.28. The van der Waals surface area contributed by atoms with Crippen molar-refractivity contribution in [3.63, 3.8) is 0 Å². The fourth-order valence-corrected chi connectivity index (χ4v) is 1.43. The SMILES string of the molecule is COCCCC(O)Cc1cnccc1N. The number of aliphatic hydroxyl groups is 1. The summed E-state index contributed by atoms with van der Waals surface area (Å²) < 4.78 is 4.92. The van der Waals surface area contributed by atoms with Gasteiger partial charge in [0.05, 0.1) is 6.10 Å². The second kappa shape index (κ2) is 6.37. The van der Waals surface area contributed by atoms with Crippen LogP contribution in [0.5, 0.6) is 0 Å². The summed E-state index contributed by atoms with van der Waals surface area (Å²) in [4.78, 5) is 3.98. The van der Waals surface area contributed by atoms with Gasteiger partial charge in [0.1, 0.15) is 0 Å². The van der Waals surface area contributed by atoms with Crippen molar-refractivity contribution in [2.24, 2.45) is 0 Å². The Labute approximate surface area is 90.1 Å². The molecular weight excluding hydrogens is 192 g/mol. The number of aliphatic hydroxyl groups excluding tert-OH is 1. The highest BCUT2D eigenvalue weighted by atomic mass is 16.5. The average Bonchev–Trinajstić information content (AvgIpc) is 2.22. The molecule has 0 aliphatic rings. The van der Waals surface area contributed by atoms with Crippen LogP contribution in [0.25, 0.3) is 0 Å². The standard InChI is InChI=1S/C11H18N2O2/c1-15-6-2-3-10(14)7-9-8-13-5-4-11(9)12/h4-5,8,10,14H,2-3,6-7H2,1H3,(H2,12,13). The van der Waals surface area contributed by atoms with E-state index >= 15 is 0 Å². The third-order valence-electron chi connectivity index (χ3n) is 2.28. The molecule has 1 heterocycles. The van der Waals surface area contributed by atoms with Gasteiger partial charge < -0.3 is 15.6 Å². The minimum atomic E-state index is -0.369. The average molecular weight is 210 g/mol. The topological polar surface area (TPSA) is 68.4 Å². The van der Waals surface area contributed by atoms with Gasteiger partial charge in [-0.25, -0.2) is 0 Å². The van der Waals surface area contributed by atoms with E-state index in [4.69, 9.17) is 10.5 Å². The molecule has 0 amide bonds. The van der Waals surface area contributed by atoms with Crippen LogP contribution >= 0.6 is 0 Å². The van der Waals surface area contributed by atoms with Crippen molar-refractivity contribution in [1.82, 2.24) is 4.98 Å². The molecule has 0 saturated heterocycles. The normalized spacial score (nSPS) is 12.7. The number of nitrogen functional groups attached to an aromatic ring is 1. The summed E-state index contributed by atoms with van der Waals surface area (Å²) in [6.07, 6.45) is 5.13.